The predicted molar refractivity (Wildman–Crippen MR) is 75.9 cm³/mol. The Labute approximate surface area is 117 Å². The highest BCUT2D eigenvalue weighted by atomic mass is 32.2. The van der Waals surface area contributed by atoms with Crippen LogP contribution in [0.4, 0.5) is 0 Å². The van der Waals surface area contributed by atoms with Crippen LogP contribution in [0.25, 0.3) is 0 Å². The first-order chi connectivity index (χ1) is 9.16. The summed E-state index contributed by atoms with van der Waals surface area (Å²) >= 11 is 1.54. The maximum atomic E-state index is 4.43. The Kier molecular flexibility index (Phi) is 4.93. The highest BCUT2D eigenvalue weighted by Crippen LogP contribution is 2.26. The van der Waals surface area contributed by atoms with Crippen LogP contribution in [0.5, 0.6) is 0 Å². The van der Waals surface area contributed by atoms with Crippen molar-refractivity contribution in [3.05, 3.63) is 30.2 Å². The highest BCUT2D eigenvalue weighted by molar-refractivity contribution is 7.99. The molecule has 0 fully saturated rings. The Balaban J connectivity index is 2.06. The van der Waals surface area contributed by atoms with Gasteiger partial charge in [-0.3, -0.25) is 0 Å². The van der Waals surface area contributed by atoms with Gasteiger partial charge in [0.15, 0.2) is 5.16 Å². The van der Waals surface area contributed by atoms with E-state index in [0.717, 1.165) is 23.3 Å². The number of hydrogen-bond acceptors (Lipinski definition) is 5. The summed E-state index contributed by atoms with van der Waals surface area (Å²) in [4.78, 5) is 4.43. The standard InChI is InChI=1S/C13H19N5S/c1-10(2)7-14-8-11-5-4-6-15-12(11)19-13-17-16-9-18(13)3/h4-6,9-10,14H,7-8H2,1-3H3. The predicted octanol–water partition coefficient (Wildman–Crippen LogP) is 2.11. The van der Waals surface area contributed by atoms with Crippen molar-refractivity contribution in [3.63, 3.8) is 0 Å². The van der Waals surface area contributed by atoms with E-state index < -0.39 is 0 Å². The van der Waals surface area contributed by atoms with Crippen molar-refractivity contribution in [2.45, 2.75) is 30.6 Å². The molecule has 0 aliphatic rings. The second kappa shape index (κ2) is 6.68. The van der Waals surface area contributed by atoms with E-state index in [2.05, 4.69) is 40.4 Å². The number of aromatic nitrogens is 4. The number of hydrogen-bond donors (Lipinski definition) is 1. The van der Waals surface area contributed by atoms with E-state index in [1.165, 1.54) is 5.56 Å². The van der Waals surface area contributed by atoms with Crippen molar-refractivity contribution in [1.82, 2.24) is 25.1 Å². The molecule has 2 aromatic heterocycles. The van der Waals surface area contributed by atoms with Crippen LogP contribution < -0.4 is 5.32 Å². The van der Waals surface area contributed by atoms with E-state index >= 15 is 0 Å². The SMILES string of the molecule is CC(C)CNCc1cccnc1Sc1nncn1C. The van der Waals surface area contributed by atoms with Crippen molar-refractivity contribution in [2.24, 2.45) is 13.0 Å². The number of nitrogens with one attached hydrogen (secondary N) is 1. The molecule has 0 saturated carbocycles. The van der Waals surface area contributed by atoms with Crippen molar-refractivity contribution >= 4 is 11.8 Å². The van der Waals surface area contributed by atoms with Gasteiger partial charge in [-0.1, -0.05) is 19.9 Å². The third kappa shape index (κ3) is 4.04. The van der Waals surface area contributed by atoms with Crippen LogP contribution in [0.2, 0.25) is 0 Å². The normalized spacial score (nSPS) is 11.2. The van der Waals surface area contributed by atoms with Gasteiger partial charge in [0.2, 0.25) is 0 Å². The molecule has 19 heavy (non-hydrogen) atoms. The van der Waals surface area contributed by atoms with E-state index in [1.54, 1.807) is 18.1 Å². The van der Waals surface area contributed by atoms with E-state index in [9.17, 15) is 0 Å². The molecule has 0 amide bonds. The minimum absolute atomic E-state index is 0.645. The maximum absolute atomic E-state index is 4.43. The number of pyridine rings is 1. The number of rotatable bonds is 6. The Bertz CT molecular complexity index is 523. The molecule has 0 spiro atoms. The topological polar surface area (TPSA) is 55.6 Å². The zero-order valence-corrected chi connectivity index (χ0v) is 12.3. The van der Waals surface area contributed by atoms with Gasteiger partial charge in [0.25, 0.3) is 0 Å². The van der Waals surface area contributed by atoms with Crippen molar-refractivity contribution in [2.75, 3.05) is 6.54 Å². The molecule has 0 atom stereocenters. The molecule has 102 valence electrons. The summed E-state index contributed by atoms with van der Waals surface area (Å²) < 4.78 is 1.89. The molecule has 0 radical (unpaired) electrons. The summed E-state index contributed by atoms with van der Waals surface area (Å²) in [5.74, 6) is 0.645. The highest BCUT2D eigenvalue weighted by Gasteiger charge is 2.09. The first-order valence-corrected chi connectivity index (χ1v) is 7.15. The van der Waals surface area contributed by atoms with Gasteiger partial charge in [-0.05, 0) is 35.9 Å². The third-order valence-corrected chi connectivity index (χ3v) is 3.69. The molecule has 0 bridgehead atoms. The van der Waals surface area contributed by atoms with Crippen LogP contribution >= 0.6 is 11.8 Å². The van der Waals surface area contributed by atoms with E-state index in [-0.39, 0.29) is 0 Å². The molecule has 0 unspecified atom stereocenters. The van der Waals surface area contributed by atoms with Crippen LogP contribution in [0.3, 0.4) is 0 Å². The first kappa shape index (κ1) is 14.0. The third-order valence-electron chi connectivity index (χ3n) is 2.58. The van der Waals surface area contributed by atoms with E-state index in [1.807, 2.05) is 23.9 Å². The summed E-state index contributed by atoms with van der Waals surface area (Å²) in [7, 11) is 1.93. The summed E-state index contributed by atoms with van der Waals surface area (Å²) in [6, 6.07) is 4.06. The Hall–Kier alpha value is -1.40. The van der Waals surface area contributed by atoms with Crippen LogP contribution in [-0.4, -0.2) is 26.3 Å². The Morgan fingerprint density at radius 1 is 1.42 bits per heavy atom. The van der Waals surface area contributed by atoms with Crippen LogP contribution in [-0.2, 0) is 13.6 Å². The fourth-order valence-corrected chi connectivity index (χ4v) is 2.43. The van der Waals surface area contributed by atoms with Gasteiger partial charge < -0.3 is 9.88 Å². The molecular weight excluding hydrogens is 258 g/mol. The maximum Gasteiger partial charge on any atom is 0.197 e. The molecule has 2 aromatic rings. The largest absolute Gasteiger partial charge is 0.312 e. The molecule has 2 heterocycles. The van der Waals surface area contributed by atoms with Crippen LogP contribution in [0, 0.1) is 5.92 Å². The molecule has 0 aliphatic carbocycles. The molecular formula is C13H19N5S. The quantitative estimate of drug-likeness (QED) is 0.876. The molecule has 5 nitrogen and oxygen atoms in total. The lowest BCUT2D eigenvalue weighted by Crippen LogP contribution is -2.19. The van der Waals surface area contributed by atoms with Gasteiger partial charge >= 0.3 is 0 Å². The molecule has 6 heteroatoms. The lowest BCUT2D eigenvalue weighted by molar-refractivity contribution is 0.548. The first-order valence-electron chi connectivity index (χ1n) is 6.33. The van der Waals surface area contributed by atoms with E-state index in [4.69, 9.17) is 0 Å². The van der Waals surface area contributed by atoms with Crippen molar-refractivity contribution in [3.8, 4) is 0 Å². The smallest absolute Gasteiger partial charge is 0.197 e. The Morgan fingerprint density at radius 2 is 2.26 bits per heavy atom. The fraction of sp³-hybridized carbons (Fsp3) is 0.462. The number of aryl methyl sites for hydroxylation is 1. The lowest BCUT2D eigenvalue weighted by Gasteiger charge is -2.10. The van der Waals surface area contributed by atoms with Gasteiger partial charge in [0, 0.05) is 19.8 Å². The zero-order chi connectivity index (χ0) is 13.7. The average molecular weight is 277 g/mol. The second-order valence-corrected chi connectivity index (χ2v) is 5.77. The molecule has 0 aliphatic heterocycles. The minimum Gasteiger partial charge on any atom is -0.312 e. The lowest BCUT2D eigenvalue weighted by atomic mass is 10.2. The molecule has 1 N–H and O–H groups in total. The minimum atomic E-state index is 0.645. The molecule has 2 rings (SSSR count). The summed E-state index contributed by atoms with van der Waals surface area (Å²) in [5.41, 5.74) is 1.19. The van der Waals surface area contributed by atoms with Gasteiger partial charge in [0.1, 0.15) is 11.4 Å². The molecule has 0 saturated heterocycles. The van der Waals surface area contributed by atoms with Crippen LogP contribution in [0.15, 0.2) is 34.8 Å². The second-order valence-electron chi connectivity index (χ2n) is 4.82. The van der Waals surface area contributed by atoms with Gasteiger partial charge in [-0.25, -0.2) is 4.98 Å². The summed E-state index contributed by atoms with van der Waals surface area (Å²) in [6.07, 6.45) is 3.51. The molecule has 0 aromatic carbocycles. The van der Waals surface area contributed by atoms with Gasteiger partial charge in [0.05, 0.1) is 0 Å². The monoisotopic (exact) mass is 277 g/mol. The zero-order valence-electron chi connectivity index (χ0n) is 11.5. The van der Waals surface area contributed by atoms with Gasteiger partial charge in [-0.2, -0.15) is 0 Å². The van der Waals surface area contributed by atoms with Crippen molar-refractivity contribution < 1.29 is 0 Å². The Morgan fingerprint density at radius 3 is 2.95 bits per heavy atom. The summed E-state index contributed by atoms with van der Waals surface area (Å²) in [6.45, 7) is 6.23. The van der Waals surface area contributed by atoms with E-state index in [0.29, 0.717) is 5.92 Å². The van der Waals surface area contributed by atoms with Gasteiger partial charge in [-0.15, -0.1) is 10.2 Å². The average Bonchev–Trinajstić information content (AvgIpc) is 2.77. The summed E-state index contributed by atoms with van der Waals surface area (Å²) in [5, 5.41) is 13.2. The van der Waals surface area contributed by atoms with Crippen LogP contribution in [0.1, 0.15) is 19.4 Å². The number of nitrogens with zero attached hydrogens (tertiary/aromatic N) is 4. The fourth-order valence-electron chi connectivity index (χ4n) is 1.60. The van der Waals surface area contributed by atoms with Crippen molar-refractivity contribution in [1.29, 1.82) is 0 Å².